The molecule has 6 aliphatic rings. The number of benzene rings is 4. The third-order valence-corrected chi connectivity index (χ3v) is 14.2. The summed E-state index contributed by atoms with van der Waals surface area (Å²) in [5.41, 5.74) is 11.3. The highest BCUT2D eigenvalue weighted by Gasteiger charge is 2.46. The molecule has 1 N–H and O–H groups in total. The number of aliphatic hydroxyl groups is 1. The average molecular weight is 798 g/mol. The zero-order valence-corrected chi connectivity index (χ0v) is 33.4. The molecule has 6 atom stereocenters. The standard InChI is InChI=1S/C24H26N2O.C17H20N2O.C7H7Br/c1-2-7-17(8-3-1)16-27-22-15-18-9-6-13-25-14-12-20-19-10-4-5-11-21(19)26(22)24(20)23(18)25;20-15-10-11-4-3-8-18-9-7-13-12-5-1-2-6-14(12)19(15)17(13)16(11)18;8-6-7-4-2-1-3-5-7/h1-5,7-8,10-11,18,22-23H,6,9,12-16H2;1-2,5-6,11,15-16,20H,3-4,7-10H2;1-5H,6H2/t18-,22?,23+;11-,15?,16+;/m00./s1. The van der Waals surface area contributed by atoms with Crippen molar-refractivity contribution in [1.29, 1.82) is 0 Å². The van der Waals surface area contributed by atoms with Gasteiger partial charge < -0.3 is 19.0 Å². The van der Waals surface area contributed by atoms with Crippen LogP contribution in [-0.2, 0) is 29.5 Å². The van der Waals surface area contributed by atoms with Crippen LogP contribution >= 0.6 is 15.9 Å². The van der Waals surface area contributed by atoms with Gasteiger partial charge in [-0.25, -0.2) is 0 Å². The van der Waals surface area contributed by atoms with Gasteiger partial charge in [0.25, 0.3) is 0 Å². The van der Waals surface area contributed by atoms with E-state index < -0.39 is 0 Å². The van der Waals surface area contributed by atoms with Crippen LogP contribution < -0.4 is 0 Å². The van der Waals surface area contributed by atoms with E-state index in [9.17, 15) is 5.11 Å². The number of para-hydroxylation sites is 2. The first-order valence-electron chi connectivity index (χ1n) is 20.8. The molecule has 2 saturated heterocycles. The monoisotopic (exact) mass is 796 g/mol. The quantitative estimate of drug-likeness (QED) is 0.181. The lowest BCUT2D eigenvalue weighted by Crippen LogP contribution is -2.47. The molecule has 0 radical (unpaired) electrons. The summed E-state index contributed by atoms with van der Waals surface area (Å²) in [5, 5.41) is 14.4. The third kappa shape index (κ3) is 6.40. The van der Waals surface area contributed by atoms with Gasteiger partial charge >= 0.3 is 0 Å². The Kier molecular flexibility index (Phi) is 9.94. The lowest BCUT2D eigenvalue weighted by molar-refractivity contribution is -0.0668. The molecular formula is C48H53BrN4O2. The Labute approximate surface area is 333 Å². The maximum Gasteiger partial charge on any atom is 0.135 e. The first kappa shape index (κ1) is 35.7. The van der Waals surface area contributed by atoms with E-state index >= 15 is 0 Å². The number of fused-ring (bicyclic) bond motifs is 6. The van der Waals surface area contributed by atoms with Crippen molar-refractivity contribution in [3.63, 3.8) is 0 Å². The van der Waals surface area contributed by atoms with Gasteiger partial charge in [0, 0.05) is 40.6 Å². The van der Waals surface area contributed by atoms with Crippen LogP contribution in [0.3, 0.4) is 0 Å². The minimum Gasteiger partial charge on any atom is -0.373 e. The molecule has 284 valence electrons. The fourth-order valence-corrected chi connectivity index (χ4v) is 11.7. The molecule has 55 heavy (non-hydrogen) atoms. The van der Waals surface area contributed by atoms with Gasteiger partial charge in [0.05, 0.1) is 29.7 Å². The highest BCUT2D eigenvalue weighted by molar-refractivity contribution is 9.08. The predicted octanol–water partition coefficient (Wildman–Crippen LogP) is 10.5. The Morgan fingerprint density at radius 3 is 1.67 bits per heavy atom. The molecule has 7 heteroatoms. The van der Waals surface area contributed by atoms with Crippen molar-refractivity contribution in [3.8, 4) is 0 Å². The second-order valence-corrected chi connectivity index (χ2v) is 17.2. The molecule has 0 saturated carbocycles. The number of halogens is 1. The number of ether oxygens (including phenoxy) is 1. The fourth-order valence-electron chi connectivity index (χ4n) is 11.3. The Hall–Kier alpha value is -3.72. The van der Waals surface area contributed by atoms with E-state index in [1.807, 2.05) is 18.2 Å². The molecule has 2 aromatic heterocycles. The highest BCUT2D eigenvalue weighted by Crippen LogP contribution is 2.53. The van der Waals surface area contributed by atoms with E-state index in [0.717, 1.165) is 30.5 Å². The summed E-state index contributed by atoms with van der Waals surface area (Å²) in [5.74, 6) is 1.38. The molecule has 0 bridgehead atoms. The molecule has 0 spiro atoms. The Morgan fingerprint density at radius 1 is 0.582 bits per heavy atom. The van der Waals surface area contributed by atoms with E-state index in [4.69, 9.17) is 4.74 Å². The molecule has 6 nitrogen and oxygen atoms in total. The van der Waals surface area contributed by atoms with Crippen molar-refractivity contribution < 1.29 is 9.84 Å². The lowest BCUT2D eigenvalue weighted by Gasteiger charge is -2.49. The highest BCUT2D eigenvalue weighted by atomic mass is 79.9. The van der Waals surface area contributed by atoms with Crippen LogP contribution in [0.25, 0.3) is 21.8 Å². The Balaban J connectivity index is 0.000000116. The molecule has 0 aliphatic carbocycles. The molecule has 0 amide bonds. The minimum atomic E-state index is -0.331. The van der Waals surface area contributed by atoms with Gasteiger partial charge in [-0.2, -0.15) is 0 Å². The van der Waals surface area contributed by atoms with Gasteiger partial charge in [0.2, 0.25) is 0 Å². The minimum absolute atomic E-state index is 0.151. The number of aliphatic hydroxyl groups excluding tert-OH is 1. The number of rotatable bonds is 4. The summed E-state index contributed by atoms with van der Waals surface area (Å²) in [6, 6.07) is 39.6. The van der Waals surface area contributed by atoms with Gasteiger partial charge in [-0.3, -0.25) is 9.80 Å². The van der Waals surface area contributed by atoms with Crippen LogP contribution in [0.4, 0.5) is 0 Å². The van der Waals surface area contributed by atoms with Crippen molar-refractivity contribution >= 4 is 37.7 Å². The summed E-state index contributed by atoms with van der Waals surface area (Å²) in [4.78, 5) is 5.41. The van der Waals surface area contributed by atoms with Gasteiger partial charge in [-0.15, -0.1) is 0 Å². The fraction of sp³-hybridized carbons (Fsp3) is 0.417. The van der Waals surface area contributed by atoms with Gasteiger partial charge in [-0.05, 0) is 111 Å². The zero-order chi connectivity index (χ0) is 36.9. The number of hydrogen-bond acceptors (Lipinski definition) is 4. The van der Waals surface area contributed by atoms with Gasteiger partial charge in [0.15, 0.2) is 0 Å². The predicted molar refractivity (Wildman–Crippen MR) is 225 cm³/mol. The van der Waals surface area contributed by atoms with E-state index in [0.29, 0.717) is 24.6 Å². The first-order chi connectivity index (χ1) is 27.2. The average Bonchev–Trinajstić information content (AvgIpc) is 3.78. The number of hydrogen-bond donors (Lipinski definition) is 1. The molecule has 2 fully saturated rings. The van der Waals surface area contributed by atoms with Crippen LogP contribution in [0.5, 0.6) is 0 Å². The summed E-state index contributed by atoms with van der Waals surface area (Å²) in [6.45, 7) is 5.60. The maximum atomic E-state index is 10.7. The van der Waals surface area contributed by atoms with Crippen LogP contribution in [0.15, 0.2) is 109 Å². The van der Waals surface area contributed by atoms with E-state index in [2.05, 4.69) is 126 Å². The molecule has 2 unspecified atom stereocenters. The SMILES string of the molecule is BrCc1ccccc1.OC1C[C@@H]2CCCN3CCc4c(n1c1ccccc41)[C@@H]23.c1ccc(COC2C[C@@H]3CCCN4CCc5c(n2c2ccccc52)[C@@H]34)cc1. The molecule has 8 heterocycles. The third-order valence-electron chi connectivity index (χ3n) is 13.6. The topological polar surface area (TPSA) is 45.8 Å². The molecule has 12 rings (SSSR count). The van der Waals surface area contributed by atoms with Crippen molar-refractivity contribution in [1.82, 2.24) is 18.9 Å². The van der Waals surface area contributed by atoms with Crippen LogP contribution in [-0.4, -0.2) is 50.2 Å². The van der Waals surface area contributed by atoms with E-state index in [-0.39, 0.29) is 12.5 Å². The van der Waals surface area contributed by atoms with Crippen LogP contribution in [0.1, 0.15) is 96.7 Å². The number of alkyl halides is 1. The van der Waals surface area contributed by atoms with Crippen molar-refractivity contribution in [2.45, 2.75) is 87.8 Å². The maximum absolute atomic E-state index is 10.7. The first-order valence-corrected chi connectivity index (χ1v) is 21.9. The molecule has 6 aliphatic heterocycles. The Bertz CT molecular complexity index is 2270. The second-order valence-electron chi connectivity index (χ2n) is 16.6. The zero-order valence-electron chi connectivity index (χ0n) is 31.8. The van der Waals surface area contributed by atoms with Crippen LogP contribution in [0.2, 0.25) is 0 Å². The van der Waals surface area contributed by atoms with Crippen LogP contribution in [0, 0.1) is 11.8 Å². The number of piperidine rings is 2. The smallest absolute Gasteiger partial charge is 0.135 e. The molecular weight excluding hydrogens is 744 g/mol. The summed E-state index contributed by atoms with van der Waals surface area (Å²) in [7, 11) is 0. The molecule has 6 aromatic rings. The van der Waals surface area contributed by atoms with E-state index in [1.54, 1.807) is 11.3 Å². The van der Waals surface area contributed by atoms with Gasteiger partial charge in [0.1, 0.15) is 12.5 Å². The van der Waals surface area contributed by atoms with E-state index in [1.165, 1.54) is 102 Å². The summed E-state index contributed by atoms with van der Waals surface area (Å²) < 4.78 is 11.4. The molecule has 4 aromatic carbocycles. The van der Waals surface area contributed by atoms with Crippen molar-refractivity contribution in [2.24, 2.45) is 11.8 Å². The largest absolute Gasteiger partial charge is 0.373 e. The Morgan fingerprint density at radius 2 is 1.09 bits per heavy atom. The van der Waals surface area contributed by atoms with Crippen molar-refractivity contribution in [2.75, 3.05) is 26.2 Å². The number of nitrogens with zero attached hydrogens (tertiary/aromatic N) is 4. The van der Waals surface area contributed by atoms with Gasteiger partial charge in [-0.1, -0.05) is 113 Å². The number of aromatic nitrogens is 2. The summed E-state index contributed by atoms with van der Waals surface area (Å²) in [6.07, 6.45) is 9.45. The van der Waals surface area contributed by atoms with Crippen molar-refractivity contribution in [3.05, 3.63) is 143 Å². The normalized spacial score (nSPS) is 26.3. The summed E-state index contributed by atoms with van der Waals surface area (Å²) >= 11 is 3.36. The lowest BCUT2D eigenvalue weighted by atomic mass is 9.78. The second kappa shape index (κ2) is 15.3.